The molecular weight excluding hydrogens is 1010 g/mol. The van der Waals surface area contributed by atoms with E-state index >= 15 is 0 Å². The van der Waals surface area contributed by atoms with Crippen molar-refractivity contribution < 1.29 is 279 Å². The van der Waals surface area contributed by atoms with E-state index in [0.29, 0.717) is 0 Å². The molecular formula is C25H39Na5O29S4. The van der Waals surface area contributed by atoms with Gasteiger partial charge in [0, 0.05) is 42.7 Å². The van der Waals surface area contributed by atoms with E-state index in [2.05, 4.69) is 12.5 Å². The zero-order valence-electron chi connectivity index (χ0n) is 35.8. The maximum absolute atomic E-state index is 12.7. The Balaban J connectivity index is -0.00000720. The van der Waals surface area contributed by atoms with Crippen LogP contribution in [0.15, 0.2) is 0 Å². The second-order valence-electron chi connectivity index (χ2n) is 11.9. The third kappa shape index (κ3) is 21.6. The standard InChI is InChI=1S/C25H44O29S4.5Na/c1-40-12-10(7-47-56(31,32)33)50-24(19(43-4)14(12)41-2)52-16-15(42-3)20(44-5)25(53-18(16)22(26)27)51-13-11(8-48-57(34,35)36)49-23(45-6)21(46-9-55(28,29)30)17(13)54-58(37,38)39;;;;;/h10-21,23-25H,7-9H2,1-6H3,(H,26,27)(H,28,29,30)(H,31,32,33)(H,34,35,36)(H,37,38,39);;;;;/q;5*+1/p-5/t10-,11-,12-,13-,14+,15+,16+,17+,18+,19-,20-,21-,23+,24-,25-;;;;;/m1...../s1. The summed E-state index contributed by atoms with van der Waals surface area (Å²) in [4.78, 5) is 12.7. The number of hydrogen-bond donors (Lipinski definition) is 0. The van der Waals surface area contributed by atoms with Gasteiger partial charge in [0.2, 0.25) is 31.2 Å². The number of carboxylic acids is 1. The van der Waals surface area contributed by atoms with Crippen molar-refractivity contribution in [2.45, 2.75) is 92.1 Å². The molecule has 0 spiro atoms. The van der Waals surface area contributed by atoms with Crippen molar-refractivity contribution in [1.29, 1.82) is 0 Å². The summed E-state index contributed by atoms with van der Waals surface area (Å²) in [6.45, 7) is -2.34. The molecule has 0 amide bonds. The van der Waals surface area contributed by atoms with E-state index in [4.69, 9.17) is 56.8 Å². The number of methoxy groups -OCH3 is 6. The van der Waals surface area contributed by atoms with Crippen molar-refractivity contribution in [3.8, 4) is 0 Å². The van der Waals surface area contributed by atoms with Crippen LogP contribution in [-0.2, 0) is 116 Å². The summed E-state index contributed by atoms with van der Waals surface area (Å²) < 4.78 is 217. The van der Waals surface area contributed by atoms with Gasteiger partial charge in [0.15, 0.2) is 18.9 Å². The van der Waals surface area contributed by atoms with Crippen LogP contribution in [0.5, 0.6) is 0 Å². The van der Waals surface area contributed by atoms with Crippen molar-refractivity contribution in [2.75, 3.05) is 61.8 Å². The molecule has 0 aromatic heterocycles. The predicted octanol–water partition coefficient (Wildman–Crippen LogP) is -21.9. The molecule has 3 fully saturated rings. The Morgan fingerprint density at radius 2 is 0.873 bits per heavy atom. The molecule has 15 atom stereocenters. The van der Waals surface area contributed by atoms with Crippen LogP contribution in [0, 0.1) is 0 Å². The Morgan fingerprint density at radius 3 is 1.25 bits per heavy atom. The Bertz CT molecular complexity index is 1800. The Morgan fingerprint density at radius 1 is 0.476 bits per heavy atom. The number of ether oxygens (including phenoxy) is 12. The summed E-state index contributed by atoms with van der Waals surface area (Å²) in [7, 11) is -15.7. The zero-order valence-corrected chi connectivity index (χ0v) is 49.0. The molecule has 3 rings (SSSR count). The number of hydrogen-bond acceptors (Lipinski definition) is 29. The minimum atomic E-state index is -5.90. The van der Waals surface area contributed by atoms with Crippen LogP contribution >= 0.6 is 0 Å². The van der Waals surface area contributed by atoms with Crippen LogP contribution in [-0.4, -0.2) is 212 Å². The van der Waals surface area contributed by atoms with Crippen LogP contribution in [0.1, 0.15) is 0 Å². The summed E-state index contributed by atoms with van der Waals surface area (Å²) >= 11 is 0. The number of aliphatic carboxylic acids is 1. The molecule has 0 N–H and O–H groups in total. The van der Waals surface area contributed by atoms with E-state index in [1.54, 1.807) is 0 Å². The summed E-state index contributed by atoms with van der Waals surface area (Å²) in [5, 5.41) is 12.7. The summed E-state index contributed by atoms with van der Waals surface area (Å²) in [6.07, 6.45) is -28.1. The van der Waals surface area contributed by atoms with Gasteiger partial charge < -0.3 is 85.0 Å². The molecule has 3 heterocycles. The molecule has 0 radical (unpaired) electrons. The minimum Gasteiger partial charge on any atom is -0.746 e. The molecule has 0 bridgehead atoms. The first-order valence-electron chi connectivity index (χ1n) is 15.9. The van der Waals surface area contributed by atoms with Crippen molar-refractivity contribution in [3.05, 3.63) is 0 Å². The quantitative estimate of drug-likeness (QED) is 0.0552. The van der Waals surface area contributed by atoms with Crippen molar-refractivity contribution >= 4 is 47.3 Å². The van der Waals surface area contributed by atoms with Gasteiger partial charge in [0.05, 0.1) is 19.2 Å². The number of carboxylic acid groups (broad SMARTS) is 1. The monoisotopic (exact) mass is 1050 g/mol. The average Bonchev–Trinajstić information content (AvgIpc) is 3.11. The number of rotatable bonds is 22. The normalized spacial score (nSPS) is 33.8. The number of carbonyl (C=O) groups excluding carboxylic acids is 1. The Labute approximate surface area is 473 Å². The SMILES string of the molecule is CO[C@H]1O[C@H](COS(=O)(=O)[O-])[C@@H](O[C@@H]2O[C@H](C(=O)[O-])[C@@H](O[C@H]3O[C@H](COS(=O)(=O)[O-])[C@@H](OC)[C@H](OC)[C@H]3OC)[C@H](OC)[C@H]2OC)[C@H](OS(=O)(=O)[O-])[C@H]1OCS(=O)(=O)[O-].[Na+].[Na+].[Na+].[Na+].[Na+]. The molecule has 38 heteroatoms. The maximum Gasteiger partial charge on any atom is 1.00 e. The first kappa shape index (κ1) is 70.8. The topological polar surface area (TPSA) is 407 Å². The predicted molar refractivity (Wildman–Crippen MR) is 167 cm³/mol. The Hall–Kier alpha value is 3.51. The van der Waals surface area contributed by atoms with E-state index in [1.807, 2.05) is 0 Å². The second-order valence-corrected chi connectivity index (χ2v) is 16.4. The van der Waals surface area contributed by atoms with Crippen LogP contribution < -0.4 is 153 Å². The van der Waals surface area contributed by atoms with Crippen molar-refractivity contribution in [3.63, 3.8) is 0 Å². The van der Waals surface area contributed by atoms with Crippen LogP contribution in [0.4, 0.5) is 0 Å². The molecule has 63 heavy (non-hydrogen) atoms. The fourth-order valence-electron chi connectivity index (χ4n) is 6.26. The van der Waals surface area contributed by atoms with Gasteiger partial charge in [-0.25, -0.2) is 33.7 Å². The van der Waals surface area contributed by atoms with Gasteiger partial charge in [0.25, 0.3) is 0 Å². The van der Waals surface area contributed by atoms with Crippen LogP contribution in [0.25, 0.3) is 0 Å². The molecule has 0 unspecified atom stereocenters. The summed E-state index contributed by atoms with van der Waals surface area (Å²) in [6, 6.07) is 0. The minimum absolute atomic E-state index is 0. The van der Waals surface area contributed by atoms with Gasteiger partial charge in [-0.2, -0.15) is 0 Å². The van der Waals surface area contributed by atoms with E-state index in [-0.39, 0.29) is 148 Å². The van der Waals surface area contributed by atoms with Gasteiger partial charge in [-0.1, -0.05) is 0 Å². The summed E-state index contributed by atoms with van der Waals surface area (Å²) in [5.74, 6) is -3.81. The maximum atomic E-state index is 12.7. The second kappa shape index (κ2) is 31.2. The number of carbonyl (C=O) groups is 1. The van der Waals surface area contributed by atoms with Gasteiger partial charge in [-0.05, 0) is 0 Å². The van der Waals surface area contributed by atoms with E-state index < -0.39 is 159 Å². The third-order valence-corrected chi connectivity index (χ3v) is 10.2. The molecule has 0 saturated carbocycles. The zero-order chi connectivity index (χ0) is 44.0. The fraction of sp³-hybridized carbons (Fsp3) is 0.960. The molecule has 0 aromatic rings. The molecule has 0 aromatic carbocycles. The van der Waals surface area contributed by atoms with Gasteiger partial charge in [-0.15, -0.1) is 0 Å². The first-order chi connectivity index (χ1) is 26.8. The fourth-order valence-corrected chi connectivity index (χ4v) is 7.68. The van der Waals surface area contributed by atoms with Gasteiger partial charge in [-0.3, -0.25) is 12.5 Å². The average molecular weight is 1050 g/mol. The van der Waals surface area contributed by atoms with Gasteiger partial charge >= 0.3 is 148 Å². The molecule has 0 aliphatic carbocycles. The molecule has 342 valence electrons. The van der Waals surface area contributed by atoms with Gasteiger partial charge in [0.1, 0.15) is 89.3 Å². The van der Waals surface area contributed by atoms with Crippen LogP contribution in [0.3, 0.4) is 0 Å². The molecule has 3 saturated heterocycles. The van der Waals surface area contributed by atoms with E-state index in [0.717, 1.165) is 28.4 Å². The van der Waals surface area contributed by atoms with Crippen molar-refractivity contribution in [2.24, 2.45) is 0 Å². The van der Waals surface area contributed by atoms with E-state index in [1.165, 1.54) is 14.2 Å². The van der Waals surface area contributed by atoms with Crippen molar-refractivity contribution in [1.82, 2.24) is 0 Å². The summed E-state index contributed by atoms with van der Waals surface area (Å²) in [5.41, 5.74) is 0. The molecule has 29 nitrogen and oxygen atoms in total. The molecule has 3 aliphatic rings. The van der Waals surface area contributed by atoms with E-state index in [9.17, 15) is 61.8 Å². The Kier molecular flexibility index (Phi) is 35.0. The largest absolute Gasteiger partial charge is 1.00 e. The van der Waals surface area contributed by atoms with Crippen LogP contribution in [0.2, 0.25) is 0 Å². The molecule has 3 aliphatic heterocycles. The third-order valence-electron chi connectivity index (χ3n) is 8.47. The first-order valence-corrected chi connectivity index (χ1v) is 21.4. The smallest absolute Gasteiger partial charge is 0.746 e.